The molecule has 6 heteroatoms. The summed E-state index contributed by atoms with van der Waals surface area (Å²) in [7, 11) is 3.50. The molecule has 2 aromatic rings. The van der Waals surface area contributed by atoms with Crippen molar-refractivity contribution in [3.05, 3.63) is 48.0 Å². The molecule has 5 nitrogen and oxygen atoms in total. The van der Waals surface area contributed by atoms with Crippen molar-refractivity contribution in [1.29, 1.82) is 0 Å². The second-order valence-corrected chi connectivity index (χ2v) is 3.90. The molecule has 0 amide bonds. The third kappa shape index (κ3) is 3.31. The molecule has 0 saturated carbocycles. The van der Waals surface area contributed by atoms with Gasteiger partial charge in [-0.1, -0.05) is 0 Å². The first kappa shape index (κ1) is 13.1. The second-order valence-electron chi connectivity index (χ2n) is 3.90. The number of rotatable bonds is 3. The van der Waals surface area contributed by atoms with Gasteiger partial charge in [0.2, 0.25) is 0 Å². The smallest absolute Gasteiger partial charge is 0.191 e. The maximum Gasteiger partial charge on any atom is 0.191 e. The van der Waals surface area contributed by atoms with Gasteiger partial charge in [0.05, 0.1) is 17.9 Å². The quantitative estimate of drug-likeness (QED) is 0.647. The van der Waals surface area contributed by atoms with Crippen LogP contribution in [0.3, 0.4) is 0 Å². The summed E-state index contributed by atoms with van der Waals surface area (Å²) in [5.74, 6) is 0.451. The molecule has 100 valence electrons. The Morgan fingerprint density at radius 3 is 2.68 bits per heavy atom. The van der Waals surface area contributed by atoms with Crippen LogP contribution in [-0.2, 0) is 6.54 Å². The van der Waals surface area contributed by atoms with Gasteiger partial charge < -0.3 is 10.6 Å². The highest BCUT2D eigenvalue weighted by molar-refractivity contribution is 5.79. The SMILES string of the molecule is CN=C(NC)NCc1ccn(-c2ccc(F)cc2)n1. The predicted octanol–water partition coefficient (Wildman–Crippen LogP) is 1.31. The van der Waals surface area contributed by atoms with Gasteiger partial charge in [0.1, 0.15) is 5.82 Å². The molecule has 0 aliphatic rings. The standard InChI is InChI=1S/C13H16FN5/c1-15-13(16-2)17-9-11-7-8-19(18-11)12-5-3-10(14)4-6-12/h3-8H,9H2,1-2H3,(H2,15,16,17). The highest BCUT2D eigenvalue weighted by atomic mass is 19.1. The molecule has 0 unspecified atom stereocenters. The minimum absolute atomic E-state index is 0.254. The molecule has 1 heterocycles. The Morgan fingerprint density at radius 1 is 1.32 bits per heavy atom. The van der Waals surface area contributed by atoms with Crippen molar-refractivity contribution in [3.8, 4) is 5.69 Å². The number of hydrogen-bond donors (Lipinski definition) is 2. The maximum absolute atomic E-state index is 12.8. The molecular formula is C13H16FN5. The van der Waals surface area contributed by atoms with Gasteiger partial charge >= 0.3 is 0 Å². The molecule has 0 fully saturated rings. The van der Waals surface area contributed by atoms with Gasteiger partial charge in [-0.3, -0.25) is 4.99 Å². The van der Waals surface area contributed by atoms with Crippen molar-refractivity contribution in [3.63, 3.8) is 0 Å². The van der Waals surface area contributed by atoms with E-state index < -0.39 is 0 Å². The van der Waals surface area contributed by atoms with Crippen molar-refractivity contribution < 1.29 is 4.39 Å². The van der Waals surface area contributed by atoms with E-state index in [0.29, 0.717) is 12.5 Å². The van der Waals surface area contributed by atoms with E-state index in [0.717, 1.165) is 11.4 Å². The molecule has 0 radical (unpaired) electrons. The number of hydrogen-bond acceptors (Lipinski definition) is 2. The third-order valence-electron chi connectivity index (χ3n) is 2.63. The van der Waals surface area contributed by atoms with Gasteiger partial charge in [0.25, 0.3) is 0 Å². The van der Waals surface area contributed by atoms with Crippen LogP contribution in [0.25, 0.3) is 5.69 Å². The van der Waals surface area contributed by atoms with E-state index in [1.165, 1.54) is 12.1 Å². The van der Waals surface area contributed by atoms with Crippen molar-refractivity contribution in [1.82, 2.24) is 20.4 Å². The number of aromatic nitrogens is 2. The highest BCUT2D eigenvalue weighted by Gasteiger charge is 2.02. The fourth-order valence-electron chi connectivity index (χ4n) is 1.65. The summed E-state index contributed by atoms with van der Waals surface area (Å²) < 4.78 is 14.5. The van der Waals surface area contributed by atoms with Crippen LogP contribution >= 0.6 is 0 Å². The fourth-order valence-corrected chi connectivity index (χ4v) is 1.65. The number of guanidine groups is 1. The summed E-state index contributed by atoms with van der Waals surface area (Å²) in [6.45, 7) is 0.571. The molecule has 0 saturated heterocycles. The summed E-state index contributed by atoms with van der Waals surface area (Å²) >= 11 is 0. The van der Waals surface area contributed by atoms with E-state index in [2.05, 4.69) is 20.7 Å². The molecule has 1 aromatic carbocycles. The zero-order chi connectivity index (χ0) is 13.7. The molecule has 0 spiro atoms. The van der Waals surface area contributed by atoms with Gasteiger partial charge in [-0.2, -0.15) is 5.10 Å². The van der Waals surface area contributed by atoms with Crippen LogP contribution in [0.5, 0.6) is 0 Å². The fraction of sp³-hybridized carbons (Fsp3) is 0.231. The zero-order valence-electron chi connectivity index (χ0n) is 10.9. The van der Waals surface area contributed by atoms with E-state index in [4.69, 9.17) is 0 Å². The predicted molar refractivity (Wildman–Crippen MR) is 72.8 cm³/mol. The Kier molecular flexibility index (Phi) is 4.12. The van der Waals surface area contributed by atoms with Crippen molar-refractivity contribution in [2.75, 3.05) is 14.1 Å². The van der Waals surface area contributed by atoms with Gasteiger partial charge in [-0.15, -0.1) is 0 Å². The Morgan fingerprint density at radius 2 is 2.05 bits per heavy atom. The van der Waals surface area contributed by atoms with Gasteiger partial charge in [-0.05, 0) is 30.3 Å². The first-order valence-corrected chi connectivity index (χ1v) is 5.92. The lowest BCUT2D eigenvalue weighted by Gasteiger charge is -2.06. The van der Waals surface area contributed by atoms with Crippen LogP contribution in [0, 0.1) is 5.82 Å². The maximum atomic E-state index is 12.8. The second kappa shape index (κ2) is 5.99. The highest BCUT2D eigenvalue weighted by Crippen LogP contribution is 2.08. The van der Waals surface area contributed by atoms with Gasteiger partial charge in [0, 0.05) is 20.3 Å². The lowest BCUT2D eigenvalue weighted by molar-refractivity contribution is 0.627. The monoisotopic (exact) mass is 261 g/mol. The van der Waals surface area contributed by atoms with Crippen LogP contribution in [0.1, 0.15) is 5.69 Å². The number of aliphatic imine (C=N–C) groups is 1. The van der Waals surface area contributed by atoms with E-state index in [9.17, 15) is 4.39 Å². The normalized spacial score (nSPS) is 11.4. The number of nitrogens with zero attached hydrogens (tertiary/aromatic N) is 3. The third-order valence-corrected chi connectivity index (χ3v) is 2.63. The molecule has 19 heavy (non-hydrogen) atoms. The van der Waals surface area contributed by atoms with E-state index in [1.54, 1.807) is 30.9 Å². The average Bonchev–Trinajstić information content (AvgIpc) is 2.89. The van der Waals surface area contributed by atoms with Crippen LogP contribution in [-0.4, -0.2) is 29.8 Å². The molecule has 2 N–H and O–H groups in total. The minimum Gasteiger partial charge on any atom is -0.359 e. The lowest BCUT2D eigenvalue weighted by atomic mass is 10.3. The summed E-state index contributed by atoms with van der Waals surface area (Å²) in [5.41, 5.74) is 1.70. The molecule has 0 aliphatic carbocycles. The van der Waals surface area contributed by atoms with Crippen LogP contribution in [0.2, 0.25) is 0 Å². The number of benzene rings is 1. The molecule has 0 bridgehead atoms. The summed E-state index contributed by atoms with van der Waals surface area (Å²) in [6, 6.07) is 8.10. The molecule has 2 rings (SSSR count). The van der Waals surface area contributed by atoms with Crippen LogP contribution in [0.15, 0.2) is 41.5 Å². The van der Waals surface area contributed by atoms with Gasteiger partial charge in [0.15, 0.2) is 5.96 Å². The lowest BCUT2D eigenvalue weighted by Crippen LogP contribution is -2.34. The van der Waals surface area contributed by atoms with E-state index >= 15 is 0 Å². The number of nitrogens with one attached hydrogen (secondary N) is 2. The largest absolute Gasteiger partial charge is 0.359 e. The van der Waals surface area contributed by atoms with Crippen LogP contribution < -0.4 is 10.6 Å². The average molecular weight is 261 g/mol. The first-order chi connectivity index (χ1) is 9.22. The van der Waals surface area contributed by atoms with Crippen LogP contribution in [0.4, 0.5) is 4.39 Å². The van der Waals surface area contributed by atoms with Crippen molar-refractivity contribution >= 4 is 5.96 Å². The van der Waals surface area contributed by atoms with E-state index in [-0.39, 0.29) is 5.82 Å². The Labute approximate surface area is 111 Å². The summed E-state index contributed by atoms with van der Waals surface area (Å²) in [4.78, 5) is 4.01. The molecule has 0 atom stereocenters. The van der Waals surface area contributed by atoms with E-state index in [1.807, 2.05) is 12.3 Å². The zero-order valence-corrected chi connectivity index (χ0v) is 10.9. The Hall–Kier alpha value is -2.37. The number of halogens is 1. The minimum atomic E-state index is -0.254. The van der Waals surface area contributed by atoms with Crippen molar-refractivity contribution in [2.45, 2.75) is 6.54 Å². The summed E-state index contributed by atoms with van der Waals surface area (Å²) in [5, 5.41) is 10.4. The first-order valence-electron chi connectivity index (χ1n) is 5.92. The summed E-state index contributed by atoms with van der Waals surface area (Å²) in [6.07, 6.45) is 1.84. The Bertz CT molecular complexity index is 559. The molecule has 0 aliphatic heterocycles. The molecular weight excluding hydrogens is 245 g/mol. The Balaban J connectivity index is 2.05. The topological polar surface area (TPSA) is 54.2 Å². The molecule has 1 aromatic heterocycles. The van der Waals surface area contributed by atoms with Crippen molar-refractivity contribution in [2.24, 2.45) is 4.99 Å². The van der Waals surface area contributed by atoms with Gasteiger partial charge in [-0.25, -0.2) is 9.07 Å².